The maximum absolute atomic E-state index is 12.1. The van der Waals surface area contributed by atoms with Crippen LogP contribution >= 0.6 is 0 Å². The van der Waals surface area contributed by atoms with Gasteiger partial charge in [0.25, 0.3) is 0 Å². The second-order valence-corrected chi connectivity index (χ2v) is 8.24. The van der Waals surface area contributed by atoms with Crippen molar-refractivity contribution in [2.45, 2.75) is 64.7 Å². The molecule has 2 fully saturated rings. The van der Waals surface area contributed by atoms with Gasteiger partial charge in [-0.2, -0.15) is 12.7 Å². The van der Waals surface area contributed by atoms with Gasteiger partial charge in [-0.25, -0.2) is 4.72 Å². The zero-order valence-electron chi connectivity index (χ0n) is 13.0. The molecule has 0 aromatic rings. The molecular formula is C15H28N2O3S. The Morgan fingerprint density at radius 1 is 1.10 bits per heavy atom. The van der Waals surface area contributed by atoms with Gasteiger partial charge in [0.2, 0.25) is 5.91 Å². The summed E-state index contributed by atoms with van der Waals surface area (Å²) in [5, 5.41) is 0. The first-order chi connectivity index (χ1) is 9.99. The largest absolute Gasteiger partial charge is 0.303 e. The summed E-state index contributed by atoms with van der Waals surface area (Å²) in [6.45, 7) is 3.13. The smallest absolute Gasteiger partial charge is 0.274 e. The molecule has 5 nitrogen and oxygen atoms in total. The summed E-state index contributed by atoms with van der Waals surface area (Å²) in [5.74, 6) is 0.489. The van der Waals surface area contributed by atoms with Gasteiger partial charge in [-0.3, -0.25) is 4.79 Å². The second-order valence-electron chi connectivity index (χ2n) is 6.57. The molecule has 122 valence electrons. The Balaban J connectivity index is 1.82. The van der Waals surface area contributed by atoms with Crippen LogP contribution in [-0.4, -0.2) is 31.7 Å². The van der Waals surface area contributed by atoms with Crippen LogP contribution in [0, 0.1) is 11.8 Å². The van der Waals surface area contributed by atoms with Gasteiger partial charge in [-0.15, -0.1) is 0 Å². The number of carbonyl (C=O) groups excluding carboxylic acids is 1. The van der Waals surface area contributed by atoms with Crippen molar-refractivity contribution in [3.8, 4) is 0 Å². The molecule has 1 unspecified atom stereocenters. The second kappa shape index (κ2) is 7.58. The highest BCUT2D eigenvalue weighted by atomic mass is 32.2. The van der Waals surface area contributed by atoms with Crippen LogP contribution in [0.15, 0.2) is 0 Å². The lowest BCUT2D eigenvalue weighted by Crippen LogP contribution is -2.46. The predicted octanol–water partition coefficient (Wildman–Crippen LogP) is 2.44. The van der Waals surface area contributed by atoms with Gasteiger partial charge in [0, 0.05) is 19.5 Å². The fourth-order valence-electron chi connectivity index (χ4n) is 3.52. The van der Waals surface area contributed by atoms with Crippen molar-refractivity contribution >= 4 is 16.1 Å². The molecule has 0 aromatic carbocycles. The number of amides is 1. The van der Waals surface area contributed by atoms with Crippen molar-refractivity contribution in [1.82, 2.24) is 9.03 Å². The van der Waals surface area contributed by atoms with Crippen molar-refractivity contribution in [3.05, 3.63) is 0 Å². The van der Waals surface area contributed by atoms with E-state index in [1.165, 1.54) is 36.4 Å². The molecule has 0 radical (unpaired) electrons. The summed E-state index contributed by atoms with van der Waals surface area (Å²) in [5.41, 5.74) is 0. The lowest BCUT2D eigenvalue weighted by Gasteiger charge is -2.28. The van der Waals surface area contributed by atoms with E-state index in [1.807, 2.05) is 0 Å². The quantitative estimate of drug-likeness (QED) is 0.847. The van der Waals surface area contributed by atoms with Crippen LogP contribution in [-0.2, 0) is 15.0 Å². The minimum atomic E-state index is -3.63. The van der Waals surface area contributed by atoms with E-state index in [1.54, 1.807) is 0 Å². The molecule has 1 amide bonds. The monoisotopic (exact) mass is 316 g/mol. The van der Waals surface area contributed by atoms with Crippen LogP contribution in [0.4, 0.5) is 0 Å². The number of carbonyl (C=O) groups is 1. The first-order valence-corrected chi connectivity index (χ1v) is 9.74. The van der Waals surface area contributed by atoms with E-state index in [-0.39, 0.29) is 11.8 Å². The fraction of sp³-hybridized carbons (Fsp3) is 0.933. The fourth-order valence-corrected chi connectivity index (χ4v) is 4.76. The summed E-state index contributed by atoms with van der Waals surface area (Å²) in [6, 6.07) is 0. The number of piperidine rings is 1. The normalized spacial score (nSPS) is 23.7. The minimum absolute atomic E-state index is 0.266. The Kier molecular flexibility index (Phi) is 6.05. The molecule has 0 aromatic heterocycles. The Morgan fingerprint density at radius 2 is 1.67 bits per heavy atom. The highest BCUT2D eigenvalue weighted by molar-refractivity contribution is 7.87. The molecular weight excluding hydrogens is 288 g/mol. The first-order valence-electron chi connectivity index (χ1n) is 8.30. The highest BCUT2D eigenvalue weighted by Crippen LogP contribution is 2.31. The molecule has 0 spiro atoms. The molecule has 6 heteroatoms. The van der Waals surface area contributed by atoms with Gasteiger partial charge in [-0.1, -0.05) is 45.4 Å². The maximum Gasteiger partial charge on any atom is 0.303 e. The van der Waals surface area contributed by atoms with E-state index in [0.717, 1.165) is 19.3 Å². The molecule has 1 aliphatic heterocycles. The Hall–Kier alpha value is -0.620. The number of nitrogens with one attached hydrogen (secondary N) is 1. The third-order valence-electron chi connectivity index (χ3n) is 4.86. The van der Waals surface area contributed by atoms with Gasteiger partial charge in [0.15, 0.2) is 0 Å². The van der Waals surface area contributed by atoms with Crippen molar-refractivity contribution in [1.29, 1.82) is 0 Å². The molecule has 0 bridgehead atoms. The summed E-state index contributed by atoms with van der Waals surface area (Å²) < 4.78 is 28.0. The number of rotatable bonds is 5. The predicted molar refractivity (Wildman–Crippen MR) is 82.8 cm³/mol. The molecule has 1 N–H and O–H groups in total. The number of nitrogens with zero attached hydrogens (tertiary/aromatic N) is 1. The van der Waals surface area contributed by atoms with E-state index in [2.05, 4.69) is 11.6 Å². The number of hydrogen-bond donors (Lipinski definition) is 1. The van der Waals surface area contributed by atoms with Crippen LogP contribution in [0.2, 0.25) is 0 Å². The average Bonchev–Trinajstić information content (AvgIpc) is 2.48. The van der Waals surface area contributed by atoms with Crippen molar-refractivity contribution < 1.29 is 13.2 Å². The summed E-state index contributed by atoms with van der Waals surface area (Å²) in [7, 11) is -3.63. The van der Waals surface area contributed by atoms with E-state index >= 15 is 0 Å². The van der Waals surface area contributed by atoms with Gasteiger partial charge >= 0.3 is 10.2 Å². The molecule has 1 saturated heterocycles. The van der Waals surface area contributed by atoms with Gasteiger partial charge in [-0.05, 0) is 24.7 Å². The van der Waals surface area contributed by atoms with Gasteiger partial charge in [0.05, 0.1) is 0 Å². The Morgan fingerprint density at radius 3 is 2.29 bits per heavy atom. The SMILES string of the molecule is CC(CC(=O)NS(=O)(=O)N1CCCCC1)C1CCCCC1. The lowest BCUT2D eigenvalue weighted by atomic mass is 9.79. The molecule has 1 aliphatic carbocycles. The third kappa shape index (κ3) is 4.95. The van der Waals surface area contributed by atoms with Crippen molar-refractivity contribution in [2.75, 3.05) is 13.1 Å². The van der Waals surface area contributed by atoms with E-state index in [0.29, 0.717) is 25.4 Å². The first kappa shape index (κ1) is 16.7. The van der Waals surface area contributed by atoms with Crippen LogP contribution in [0.3, 0.4) is 0 Å². The van der Waals surface area contributed by atoms with Gasteiger partial charge < -0.3 is 0 Å². The zero-order chi connectivity index (χ0) is 15.3. The molecule has 1 heterocycles. The van der Waals surface area contributed by atoms with Crippen LogP contribution in [0.5, 0.6) is 0 Å². The number of hydrogen-bond acceptors (Lipinski definition) is 3. The standard InChI is InChI=1S/C15H28N2O3S/c1-13(14-8-4-2-5-9-14)12-15(18)16-21(19,20)17-10-6-3-7-11-17/h13-14H,2-12H2,1H3,(H,16,18). The van der Waals surface area contributed by atoms with Crippen LogP contribution in [0.25, 0.3) is 0 Å². The summed E-state index contributed by atoms with van der Waals surface area (Å²) in [6.07, 6.45) is 9.27. The van der Waals surface area contributed by atoms with E-state index < -0.39 is 10.2 Å². The van der Waals surface area contributed by atoms with E-state index in [4.69, 9.17) is 0 Å². The van der Waals surface area contributed by atoms with Crippen molar-refractivity contribution in [3.63, 3.8) is 0 Å². The average molecular weight is 316 g/mol. The summed E-state index contributed by atoms with van der Waals surface area (Å²) in [4.78, 5) is 12.0. The third-order valence-corrected chi connectivity index (χ3v) is 6.39. The van der Waals surface area contributed by atoms with Crippen LogP contribution in [0.1, 0.15) is 64.7 Å². The molecule has 2 rings (SSSR count). The molecule has 1 saturated carbocycles. The maximum atomic E-state index is 12.1. The molecule has 2 aliphatic rings. The van der Waals surface area contributed by atoms with Crippen molar-refractivity contribution in [2.24, 2.45) is 11.8 Å². The van der Waals surface area contributed by atoms with Crippen LogP contribution < -0.4 is 4.72 Å². The molecule has 21 heavy (non-hydrogen) atoms. The zero-order valence-corrected chi connectivity index (χ0v) is 13.8. The highest BCUT2D eigenvalue weighted by Gasteiger charge is 2.28. The van der Waals surface area contributed by atoms with E-state index in [9.17, 15) is 13.2 Å². The Bertz CT molecular complexity index is 438. The molecule has 1 atom stereocenters. The van der Waals surface area contributed by atoms with Gasteiger partial charge in [0.1, 0.15) is 0 Å². The minimum Gasteiger partial charge on any atom is -0.274 e. The lowest BCUT2D eigenvalue weighted by molar-refractivity contribution is -0.120. The topological polar surface area (TPSA) is 66.5 Å². The summed E-state index contributed by atoms with van der Waals surface area (Å²) >= 11 is 0. The Labute approximate surface area is 128 Å².